The Kier molecular flexibility index (Phi) is 6.19. The predicted octanol–water partition coefficient (Wildman–Crippen LogP) is 5.45. The fourth-order valence-corrected chi connectivity index (χ4v) is 2.78. The number of rotatable bonds is 7. The third kappa shape index (κ3) is 5.52. The van der Waals surface area contributed by atoms with E-state index in [0.29, 0.717) is 11.5 Å². The topological polar surface area (TPSA) is 26.3 Å². The van der Waals surface area contributed by atoms with Crippen molar-refractivity contribution in [1.29, 1.82) is 0 Å². The lowest BCUT2D eigenvalue weighted by Gasteiger charge is -2.26. The van der Waals surface area contributed by atoms with Crippen LogP contribution in [0.4, 0.5) is 0 Å². The summed E-state index contributed by atoms with van der Waals surface area (Å²) < 4.78 is 5.83. The standard InChI is InChI=1S/C22H28O2/c1-17(2)16-19-12-8-9-13-20(19)21(23)24-22(3,4)15-14-18-10-6-5-7-11-18/h5-13,17H,14-16H2,1-4H3. The number of hydrogen-bond donors (Lipinski definition) is 0. The largest absolute Gasteiger partial charge is 0.456 e. The second kappa shape index (κ2) is 8.14. The first-order chi connectivity index (χ1) is 11.4. The van der Waals surface area contributed by atoms with Gasteiger partial charge in [-0.3, -0.25) is 0 Å². The lowest BCUT2D eigenvalue weighted by molar-refractivity contribution is -0.00445. The van der Waals surface area contributed by atoms with Gasteiger partial charge >= 0.3 is 5.97 Å². The average Bonchev–Trinajstić information content (AvgIpc) is 2.53. The smallest absolute Gasteiger partial charge is 0.338 e. The van der Waals surface area contributed by atoms with Gasteiger partial charge < -0.3 is 4.74 Å². The quantitative estimate of drug-likeness (QED) is 0.633. The molecule has 0 unspecified atom stereocenters. The molecule has 0 saturated carbocycles. The lowest BCUT2D eigenvalue weighted by Crippen LogP contribution is -2.29. The number of carbonyl (C=O) groups is 1. The van der Waals surface area contributed by atoms with Gasteiger partial charge in [0, 0.05) is 0 Å². The molecule has 0 fully saturated rings. The van der Waals surface area contributed by atoms with Crippen molar-refractivity contribution >= 4 is 5.97 Å². The van der Waals surface area contributed by atoms with E-state index in [1.165, 1.54) is 5.56 Å². The molecule has 0 bridgehead atoms. The van der Waals surface area contributed by atoms with Gasteiger partial charge in [-0.05, 0) is 56.2 Å². The number of benzene rings is 2. The third-order valence-electron chi connectivity index (χ3n) is 4.09. The van der Waals surface area contributed by atoms with Crippen molar-refractivity contribution in [3.8, 4) is 0 Å². The van der Waals surface area contributed by atoms with Crippen molar-refractivity contribution < 1.29 is 9.53 Å². The molecule has 2 heteroatoms. The minimum Gasteiger partial charge on any atom is -0.456 e. The van der Waals surface area contributed by atoms with Crippen LogP contribution in [-0.2, 0) is 17.6 Å². The van der Waals surface area contributed by atoms with E-state index < -0.39 is 5.60 Å². The van der Waals surface area contributed by atoms with Crippen LogP contribution in [-0.4, -0.2) is 11.6 Å². The van der Waals surface area contributed by atoms with E-state index in [4.69, 9.17) is 4.74 Å². The zero-order chi connectivity index (χ0) is 17.6. The Morgan fingerprint density at radius 3 is 2.29 bits per heavy atom. The summed E-state index contributed by atoms with van der Waals surface area (Å²) in [4.78, 5) is 12.7. The van der Waals surface area contributed by atoms with Gasteiger partial charge in [-0.25, -0.2) is 4.79 Å². The summed E-state index contributed by atoms with van der Waals surface area (Å²) in [6.45, 7) is 8.29. The Balaban J connectivity index is 2.02. The second-order valence-electron chi connectivity index (χ2n) is 7.39. The number of esters is 1. The molecule has 0 spiro atoms. The summed E-state index contributed by atoms with van der Waals surface area (Å²) in [5.41, 5.74) is 2.54. The average molecular weight is 324 g/mol. The molecule has 2 nitrogen and oxygen atoms in total. The third-order valence-corrected chi connectivity index (χ3v) is 4.09. The highest BCUT2D eigenvalue weighted by molar-refractivity contribution is 5.91. The maximum absolute atomic E-state index is 12.7. The maximum Gasteiger partial charge on any atom is 0.338 e. The normalized spacial score (nSPS) is 11.5. The summed E-state index contributed by atoms with van der Waals surface area (Å²) in [6.07, 6.45) is 2.58. The highest BCUT2D eigenvalue weighted by Gasteiger charge is 2.24. The predicted molar refractivity (Wildman–Crippen MR) is 99.2 cm³/mol. The van der Waals surface area contributed by atoms with Crippen LogP contribution in [0.3, 0.4) is 0 Å². The highest BCUT2D eigenvalue weighted by Crippen LogP contribution is 2.22. The molecule has 128 valence electrons. The zero-order valence-electron chi connectivity index (χ0n) is 15.2. The van der Waals surface area contributed by atoms with Gasteiger partial charge in [-0.2, -0.15) is 0 Å². The molecule has 0 N–H and O–H groups in total. The van der Waals surface area contributed by atoms with Crippen LogP contribution in [0.5, 0.6) is 0 Å². The van der Waals surface area contributed by atoms with E-state index >= 15 is 0 Å². The molecule has 0 atom stereocenters. The first-order valence-electron chi connectivity index (χ1n) is 8.72. The van der Waals surface area contributed by atoms with Crippen LogP contribution in [0.25, 0.3) is 0 Å². The van der Waals surface area contributed by atoms with Crippen molar-refractivity contribution in [1.82, 2.24) is 0 Å². The molecule has 0 radical (unpaired) electrons. The minimum absolute atomic E-state index is 0.218. The Hall–Kier alpha value is -2.09. The fraction of sp³-hybridized carbons (Fsp3) is 0.409. The maximum atomic E-state index is 12.7. The van der Waals surface area contributed by atoms with Gasteiger partial charge in [0.05, 0.1) is 5.56 Å². The van der Waals surface area contributed by atoms with Gasteiger partial charge in [-0.1, -0.05) is 62.4 Å². The van der Waals surface area contributed by atoms with Gasteiger partial charge in [0.25, 0.3) is 0 Å². The number of carbonyl (C=O) groups excluding carboxylic acids is 1. The van der Waals surface area contributed by atoms with E-state index in [1.807, 2.05) is 56.3 Å². The first-order valence-corrected chi connectivity index (χ1v) is 8.72. The molecule has 0 aliphatic rings. The summed E-state index contributed by atoms with van der Waals surface area (Å²) in [7, 11) is 0. The van der Waals surface area contributed by atoms with Crippen molar-refractivity contribution in [2.75, 3.05) is 0 Å². The molecule has 0 heterocycles. The molecule has 0 amide bonds. The van der Waals surface area contributed by atoms with Crippen molar-refractivity contribution in [3.05, 3.63) is 71.3 Å². The second-order valence-corrected chi connectivity index (χ2v) is 7.39. The van der Waals surface area contributed by atoms with Gasteiger partial charge in [-0.15, -0.1) is 0 Å². The molecule has 2 aromatic carbocycles. The SMILES string of the molecule is CC(C)Cc1ccccc1C(=O)OC(C)(C)CCc1ccccc1. The summed E-state index contributed by atoms with van der Waals surface area (Å²) in [5.74, 6) is 0.286. The van der Waals surface area contributed by atoms with Gasteiger partial charge in [0.15, 0.2) is 0 Å². The molecular weight excluding hydrogens is 296 g/mol. The van der Waals surface area contributed by atoms with Gasteiger partial charge in [0.1, 0.15) is 5.60 Å². The monoisotopic (exact) mass is 324 g/mol. The van der Waals surface area contributed by atoms with Crippen LogP contribution >= 0.6 is 0 Å². The lowest BCUT2D eigenvalue weighted by atomic mass is 9.96. The molecule has 2 aromatic rings. The number of aryl methyl sites for hydroxylation is 1. The molecule has 0 saturated heterocycles. The van der Waals surface area contributed by atoms with Crippen LogP contribution in [0.2, 0.25) is 0 Å². The van der Waals surface area contributed by atoms with Crippen LogP contribution < -0.4 is 0 Å². The summed E-state index contributed by atoms with van der Waals surface area (Å²) >= 11 is 0. The Morgan fingerprint density at radius 2 is 1.62 bits per heavy atom. The highest BCUT2D eigenvalue weighted by atomic mass is 16.6. The Bertz CT molecular complexity index is 657. The van der Waals surface area contributed by atoms with Crippen LogP contribution in [0.1, 0.15) is 55.6 Å². The molecular formula is C22H28O2. The first kappa shape index (κ1) is 18.3. The van der Waals surface area contributed by atoms with E-state index in [-0.39, 0.29) is 5.97 Å². The number of ether oxygens (including phenoxy) is 1. The van der Waals surface area contributed by atoms with Crippen LogP contribution in [0.15, 0.2) is 54.6 Å². The van der Waals surface area contributed by atoms with E-state index in [9.17, 15) is 4.79 Å². The van der Waals surface area contributed by atoms with E-state index in [2.05, 4.69) is 26.0 Å². The number of hydrogen-bond acceptors (Lipinski definition) is 2. The van der Waals surface area contributed by atoms with Crippen LogP contribution in [0, 0.1) is 5.92 Å². The minimum atomic E-state index is -0.488. The fourth-order valence-electron chi connectivity index (χ4n) is 2.78. The van der Waals surface area contributed by atoms with Crippen molar-refractivity contribution in [2.45, 2.75) is 52.6 Å². The summed E-state index contributed by atoms with van der Waals surface area (Å²) in [6, 6.07) is 18.1. The molecule has 24 heavy (non-hydrogen) atoms. The Labute approximate surface area is 145 Å². The van der Waals surface area contributed by atoms with Crippen molar-refractivity contribution in [3.63, 3.8) is 0 Å². The van der Waals surface area contributed by atoms with Gasteiger partial charge in [0.2, 0.25) is 0 Å². The zero-order valence-corrected chi connectivity index (χ0v) is 15.2. The summed E-state index contributed by atoms with van der Waals surface area (Å²) in [5, 5.41) is 0. The Morgan fingerprint density at radius 1 is 1.00 bits per heavy atom. The van der Waals surface area contributed by atoms with Crippen molar-refractivity contribution in [2.24, 2.45) is 5.92 Å². The molecule has 2 rings (SSSR count). The van der Waals surface area contributed by atoms with E-state index in [0.717, 1.165) is 24.8 Å². The molecule has 0 aliphatic carbocycles. The van der Waals surface area contributed by atoms with E-state index in [1.54, 1.807) is 0 Å². The molecule has 0 aromatic heterocycles. The molecule has 0 aliphatic heterocycles.